The number of imidazole rings is 1. The van der Waals surface area contributed by atoms with E-state index < -0.39 is 0 Å². The van der Waals surface area contributed by atoms with Crippen LogP contribution in [0.3, 0.4) is 0 Å². The summed E-state index contributed by atoms with van der Waals surface area (Å²) in [5, 5.41) is 2.97. The van der Waals surface area contributed by atoms with Gasteiger partial charge in [-0.05, 0) is 26.0 Å². The summed E-state index contributed by atoms with van der Waals surface area (Å²) >= 11 is 0. The number of nitrogens with one attached hydrogen (secondary N) is 2. The molecular weight excluding hydrogens is 221 g/mol. The van der Waals surface area contributed by atoms with Gasteiger partial charge in [0.05, 0.1) is 6.61 Å². The number of hydrogen-bond donors (Lipinski definition) is 2. The van der Waals surface area contributed by atoms with Crippen LogP contribution in [0.5, 0.6) is 5.75 Å². The Morgan fingerprint density at radius 3 is 2.88 bits per heavy atom. The number of halogens is 1. The smallest absolute Gasteiger partial charge is 0.204 e. The van der Waals surface area contributed by atoms with Gasteiger partial charge in [-0.15, -0.1) is 0 Å². The van der Waals surface area contributed by atoms with Crippen molar-refractivity contribution in [1.29, 1.82) is 0 Å². The molecule has 90 valence electrons. The lowest BCUT2D eigenvalue weighted by atomic mass is 10.3. The first-order valence-corrected chi connectivity index (χ1v) is 5.40. The molecule has 0 saturated heterocycles. The number of aromatic nitrogens is 2. The highest BCUT2D eigenvalue weighted by molar-refractivity contribution is 5.55. The summed E-state index contributed by atoms with van der Waals surface area (Å²) in [5.74, 6) is 0.458. The normalized spacial score (nSPS) is 10.3. The standard InChI is InChI=1S/C12H14FN3O/c1-3-17-11-5-4-9(6-10(11)13)16-12-14-7-8(2)15-12/h4-7H,3H2,1-2H3,(H2,14,15,16). The van der Waals surface area contributed by atoms with E-state index in [0.717, 1.165) is 5.69 Å². The molecule has 1 aromatic heterocycles. The van der Waals surface area contributed by atoms with Crippen LogP contribution in [0.1, 0.15) is 12.6 Å². The molecule has 0 amide bonds. The number of aromatic amines is 1. The Labute approximate surface area is 98.8 Å². The Balaban J connectivity index is 2.14. The molecule has 2 aromatic rings. The Morgan fingerprint density at radius 2 is 2.29 bits per heavy atom. The number of nitrogens with zero attached hydrogens (tertiary/aromatic N) is 1. The van der Waals surface area contributed by atoms with Crippen molar-refractivity contribution in [3.8, 4) is 5.75 Å². The molecule has 2 rings (SSSR count). The highest BCUT2D eigenvalue weighted by Crippen LogP contribution is 2.22. The van der Waals surface area contributed by atoms with E-state index in [1.807, 2.05) is 13.8 Å². The summed E-state index contributed by atoms with van der Waals surface area (Å²) in [7, 11) is 0. The number of rotatable bonds is 4. The van der Waals surface area contributed by atoms with Gasteiger partial charge >= 0.3 is 0 Å². The Morgan fingerprint density at radius 1 is 1.47 bits per heavy atom. The van der Waals surface area contributed by atoms with Crippen LogP contribution in [0.2, 0.25) is 0 Å². The summed E-state index contributed by atoms with van der Waals surface area (Å²) in [6.45, 7) is 4.16. The first-order chi connectivity index (χ1) is 8.19. The van der Waals surface area contributed by atoms with Crippen molar-refractivity contribution in [2.75, 3.05) is 11.9 Å². The van der Waals surface area contributed by atoms with Gasteiger partial charge in [-0.2, -0.15) is 0 Å². The molecule has 0 radical (unpaired) electrons. The maximum Gasteiger partial charge on any atom is 0.204 e. The fourth-order valence-corrected chi connectivity index (χ4v) is 1.46. The lowest BCUT2D eigenvalue weighted by Crippen LogP contribution is -1.97. The topological polar surface area (TPSA) is 49.9 Å². The molecule has 0 atom stereocenters. The van der Waals surface area contributed by atoms with Crippen LogP contribution in [0, 0.1) is 12.7 Å². The molecule has 0 aliphatic heterocycles. The number of hydrogen-bond acceptors (Lipinski definition) is 3. The Bertz CT molecular complexity index is 510. The van der Waals surface area contributed by atoms with Gasteiger partial charge in [-0.1, -0.05) is 0 Å². The number of anilines is 2. The van der Waals surface area contributed by atoms with Gasteiger partial charge in [0.2, 0.25) is 5.95 Å². The van der Waals surface area contributed by atoms with Crippen molar-refractivity contribution < 1.29 is 9.13 Å². The van der Waals surface area contributed by atoms with Crippen molar-refractivity contribution in [3.05, 3.63) is 35.9 Å². The minimum Gasteiger partial charge on any atom is -0.491 e. The van der Waals surface area contributed by atoms with Gasteiger partial charge in [-0.3, -0.25) is 0 Å². The summed E-state index contributed by atoms with van der Waals surface area (Å²) in [5.41, 5.74) is 1.57. The van der Waals surface area contributed by atoms with E-state index in [9.17, 15) is 4.39 Å². The molecule has 1 heterocycles. The zero-order valence-electron chi connectivity index (χ0n) is 9.75. The van der Waals surface area contributed by atoms with Gasteiger partial charge in [0.15, 0.2) is 11.6 Å². The third-order valence-corrected chi connectivity index (χ3v) is 2.20. The van der Waals surface area contributed by atoms with Crippen molar-refractivity contribution in [2.45, 2.75) is 13.8 Å². The molecule has 0 aliphatic carbocycles. The molecule has 4 nitrogen and oxygen atoms in total. The number of benzene rings is 1. The summed E-state index contributed by atoms with van der Waals surface area (Å²) < 4.78 is 18.7. The first-order valence-electron chi connectivity index (χ1n) is 5.40. The van der Waals surface area contributed by atoms with E-state index in [1.54, 1.807) is 18.3 Å². The maximum atomic E-state index is 13.5. The molecule has 0 unspecified atom stereocenters. The lowest BCUT2D eigenvalue weighted by Gasteiger charge is -2.07. The van der Waals surface area contributed by atoms with Crippen LogP contribution >= 0.6 is 0 Å². The molecule has 1 aromatic carbocycles. The monoisotopic (exact) mass is 235 g/mol. The summed E-state index contributed by atoms with van der Waals surface area (Å²) in [4.78, 5) is 7.09. The average Bonchev–Trinajstić information content (AvgIpc) is 2.68. The van der Waals surface area contributed by atoms with Crippen molar-refractivity contribution in [2.24, 2.45) is 0 Å². The molecule has 5 heteroatoms. The number of ether oxygens (including phenoxy) is 1. The minimum absolute atomic E-state index is 0.258. The largest absolute Gasteiger partial charge is 0.491 e. The zero-order valence-corrected chi connectivity index (χ0v) is 9.75. The predicted octanol–water partition coefficient (Wildman–Crippen LogP) is 3.00. The quantitative estimate of drug-likeness (QED) is 0.856. The van der Waals surface area contributed by atoms with Gasteiger partial charge in [0, 0.05) is 23.6 Å². The first kappa shape index (κ1) is 11.4. The van der Waals surface area contributed by atoms with Crippen LogP contribution in [0.4, 0.5) is 16.0 Å². The van der Waals surface area contributed by atoms with Crippen LogP contribution in [-0.4, -0.2) is 16.6 Å². The molecular formula is C12H14FN3O. The molecule has 17 heavy (non-hydrogen) atoms. The summed E-state index contributed by atoms with van der Waals surface area (Å²) in [6.07, 6.45) is 1.70. The third-order valence-electron chi connectivity index (χ3n) is 2.20. The van der Waals surface area contributed by atoms with Crippen LogP contribution in [0.15, 0.2) is 24.4 Å². The minimum atomic E-state index is -0.389. The third kappa shape index (κ3) is 2.75. The average molecular weight is 235 g/mol. The second-order valence-electron chi connectivity index (χ2n) is 3.62. The second kappa shape index (κ2) is 4.86. The second-order valence-corrected chi connectivity index (χ2v) is 3.62. The van der Waals surface area contributed by atoms with E-state index in [0.29, 0.717) is 18.2 Å². The molecule has 2 N–H and O–H groups in total. The van der Waals surface area contributed by atoms with Crippen molar-refractivity contribution in [3.63, 3.8) is 0 Å². The molecule has 0 fully saturated rings. The summed E-state index contributed by atoms with van der Waals surface area (Å²) in [6, 6.07) is 4.71. The van der Waals surface area contributed by atoms with Crippen LogP contribution in [0.25, 0.3) is 0 Å². The highest BCUT2D eigenvalue weighted by atomic mass is 19.1. The number of H-pyrrole nitrogens is 1. The Hall–Kier alpha value is -2.04. The SMILES string of the molecule is CCOc1ccc(Nc2ncc(C)[nH]2)cc1F. The van der Waals surface area contributed by atoms with Gasteiger partial charge in [0.25, 0.3) is 0 Å². The molecule has 0 bridgehead atoms. The van der Waals surface area contributed by atoms with E-state index in [2.05, 4.69) is 15.3 Å². The van der Waals surface area contributed by atoms with E-state index in [4.69, 9.17) is 4.74 Å². The van der Waals surface area contributed by atoms with E-state index in [1.165, 1.54) is 6.07 Å². The van der Waals surface area contributed by atoms with Crippen molar-refractivity contribution in [1.82, 2.24) is 9.97 Å². The fourth-order valence-electron chi connectivity index (χ4n) is 1.46. The number of aryl methyl sites for hydroxylation is 1. The Kier molecular flexibility index (Phi) is 3.27. The lowest BCUT2D eigenvalue weighted by molar-refractivity contribution is 0.321. The molecule has 0 spiro atoms. The molecule has 0 saturated carbocycles. The van der Waals surface area contributed by atoms with E-state index >= 15 is 0 Å². The van der Waals surface area contributed by atoms with Crippen molar-refractivity contribution >= 4 is 11.6 Å². The maximum absolute atomic E-state index is 13.5. The van der Waals surface area contributed by atoms with Crippen LogP contribution < -0.4 is 10.1 Å². The predicted molar refractivity (Wildman–Crippen MR) is 64.2 cm³/mol. The van der Waals surface area contributed by atoms with Gasteiger partial charge in [0.1, 0.15) is 0 Å². The van der Waals surface area contributed by atoms with E-state index in [-0.39, 0.29) is 11.6 Å². The fraction of sp³-hybridized carbons (Fsp3) is 0.250. The highest BCUT2D eigenvalue weighted by Gasteiger charge is 2.05. The van der Waals surface area contributed by atoms with Gasteiger partial charge in [-0.25, -0.2) is 9.37 Å². The van der Waals surface area contributed by atoms with Crippen LogP contribution in [-0.2, 0) is 0 Å². The zero-order chi connectivity index (χ0) is 12.3. The van der Waals surface area contributed by atoms with Gasteiger partial charge < -0.3 is 15.0 Å². The molecule has 0 aliphatic rings.